The molecule has 0 amide bonds. The third-order valence-electron chi connectivity index (χ3n) is 2.02. The fraction of sp³-hybridized carbons (Fsp3) is 0.417. The van der Waals surface area contributed by atoms with Gasteiger partial charge in [0.15, 0.2) is 0 Å². The summed E-state index contributed by atoms with van der Waals surface area (Å²) in [5, 5.41) is 0.629. The van der Waals surface area contributed by atoms with Gasteiger partial charge in [0, 0.05) is 6.42 Å². The lowest BCUT2D eigenvalue weighted by molar-refractivity contribution is -0.117. The van der Waals surface area contributed by atoms with E-state index < -0.39 is 0 Å². The summed E-state index contributed by atoms with van der Waals surface area (Å²) >= 11 is 5.91. The van der Waals surface area contributed by atoms with Crippen LogP contribution in [0, 0.1) is 0 Å². The SMILES string of the molecule is CC(=O)CCCCOc1ccccc1Cl. The van der Waals surface area contributed by atoms with Crippen LogP contribution in [0.2, 0.25) is 5.02 Å². The number of rotatable bonds is 6. The van der Waals surface area contributed by atoms with Crippen LogP contribution in [0.3, 0.4) is 0 Å². The Bertz CT molecular complexity index is 323. The molecule has 3 heteroatoms. The van der Waals surface area contributed by atoms with Gasteiger partial charge in [0.05, 0.1) is 11.6 Å². The first-order valence-electron chi connectivity index (χ1n) is 5.07. The van der Waals surface area contributed by atoms with E-state index in [9.17, 15) is 4.79 Å². The van der Waals surface area contributed by atoms with Gasteiger partial charge >= 0.3 is 0 Å². The largest absolute Gasteiger partial charge is 0.492 e. The molecule has 0 N–H and O–H groups in total. The van der Waals surface area contributed by atoms with Crippen molar-refractivity contribution in [2.75, 3.05) is 6.61 Å². The maximum absolute atomic E-state index is 10.7. The molecule has 0 unspecified atom stereocenters. The maximum atomic E-state index is 10.7. The molecule has 0 aliphatic heterocycles. The zero-order valence-electron chi connectivity index (χ0n) is 8.83. The number of benzene rings is 1. The Labute approximate surface area is 95.2 Å². The number of ketones is 1. The van der Waals surface area contributed by atoms with Gasteiger partial charge in [0.25, 0.3) is 0 Å². The van der Waals surface area contributed by atoms with Gasteiger partial charge in [-0.25, -0.2) is 0 Å². The Morgan fingerprint density at radius 2 is 2.07 bits per heavy atom. The summed E-state index contributed by atoms with van der Waals surface area (Å²) in [7, 11) is 0. The number of Topliss-reactive ketones (excluding diaryl/α,β-unsaturated/α-hetero) is 1. The highest BCUT2D eigenvalue weighted by atomic mass is 35.5. The summed E-state index contributed by atoms with van der Waals surface area (Å²) in [5.41, 5.74) is 0. The average molecular weight is 227 g/mol. The van der Waals surface area contributed by atoms with E-state index >= 15 is 0 Å². The van der Waals surface area contributed by atoms with Gasteiger partial charge in [0.2, 0.25) is 0 Å². The number of hydrogen-bond donors (Lipinski definition) is 0. The minimum atomic E-state index is 0.229. The third-order valence-corrected chi connectivity index (χ3v) is 2.33. The number of carbonyl (C=O) groups excluding carboxylic acids is 1. The molecule has 82 valence electrons. The molecule has 0 saturated heterocycles. The van der Waals surface area contributed by atoms with E-state index in [1.807, 2.05) is 18.2 Å². The van der Waals surface area contributed by atoms with E-state index in [-0.39, 0.29) is 5.78 Å². The molecule has 1 aromatic carbocycles. The number of hydrogen-bond acceptors (Lipinski definition) is 2. The van der Waals surface area contributed by atoms with Crippen LogP contribution in [-0.2, 0) is 4.79 Å². The second-order valence-electron chi connectivity index (χ2n) is 3.44. The lowest BCUT2D eigenvalue weighted by Gasteiger charge is -2.06. The average Bonchev–Trinajstić information content (AvgIpc) is 2.20. The molecular weight excluding hydrogens is 212 g/mol. The fourth-order valence-corrected chi connectivity index (χ4v) is 1.41. The molecule has 0 aromatic heterocycles. The Kier molecular flexibility index (Phi) is 5.19. The first kappa shape index (κ1) is 12.1. The zero-order valence-corrected chi connectivity index (χ0v) is 9.59. The molecule has 0 radical (unpaired) electrons. The minimum Gasteiger partial charge on any atom is -0.492 e. The van der Waals surface area contributed by atoms with E-state index in [4.69, 9.17) is 16.3 Å². The first-order valence-corrected chi connectivity index (χ1v) is 5.44. The molecule has 0 aliphatic carbocycles. The number of unbranched alkanes of at least 4 members (excludes halogenated alkanes) is 1. The van der Waals surface area contributed by atoms with Crippen molar-refractivity contribution in [3.63, 3.8) is 0 Å². The van der Waals surface area contributed by atoms with E-state index in [0.717, 1.165) is 12.8 Å². The summed E-state index contributed by atoms with van der Waals surface area (Å²) in [6, 6.07) is 7.39. The molecule has 0 heterocycles. The Hall–Kier alpha value is -1.02. The normalized spacial score (nSPS) is 10.0. The van der Waals surface area contributed by atoms with Crippen LogP contribution in [-0.4, -0.2) is 12.4 Å². The van der Waals surface area contributed by atoms with E-state index in [1.54, 1.807) is 13.0 Å². The standard InChI is InChI=1S/C12H15ClO2/c1-10(14)6-4-5-9-15-12-8-3-2-7-11(12)13/h2-3,7-8H,4-6,9H2,1H3. The van der Waals surface area contributed by atoms with Crippen molar-refractivity contribution in [1.82, 2.24) is 0 Å². The number of carbonyl (C=O) groups is 1. The molecular formula is C12H15ClO2. The quantitative estimate of drug-likeness (QED) is 0.695. The van der Waals surface area contributed by atoms with Crippen molar-refractivity contribution < 1.29 is 9.53 Å². The smallest absolute Gasteiger partial charge is 0.137 e. The van der Waals surface area contributed by atoms with Crippen LogP contribution in [0.5, 0.6) is 5.75 Å². The van der Waals surface area contributed by atoms with E-state index in [2.05, 4.69) is 0 Å². The molecule has 0 aliphatic rings. The highest BCUT2D eigenvalue weighted by Crippen LogP contribution is 2.23. The Morgan fingerprint density at radius 1 is 1.33 bits per heavy atom. The highest BCUT2D eigenvalue weighted by Gasteiger charge is 1.99. The Morgan fingerprint density at radius 3 is 2.73 bits per heavy atom. The molecule has 0 saturated carbocycles. The molecule has 0 bridgehead atoms. The van der Waals surface area contributed by atoms with Gasteiger partial charge in [-0.3, -0.25) is 0 Å². The second kappa shape index (κ2) is 6.46. The van der Waals surface area contributed by atoms with Gasteiger partial charge in [0.1, 0.15) is 11.5 Å². The summed E-state index contributed by atoms with van der Waals surface area (Å²) in [6.07, 6.45) is 2.39. The molecule has 0 spiro atoms. The third kappa shape index (κ3) is 4.84. The summed E-state index contributed by atoms with van der Waals surface area (Å²) in [4.78, 5) is 10.7. The lowest BCUT2D eigenvalue weighted by Crippen LogP contribution is -1.99. The van der Waals surface area contributed by atoms with Gasteiger partial charge < -0.3 is 9.53 Å². The van der Waals surface area contributed by atoms with Crippen LogP contribution < -0.4 is 4.74 Å². The van der Waals surface area contributed by atoms with Gasteiger partial charge in [-0.15, -0.1) is 0 Å². The monoisotopic (exact) mass is 226 g/mol. The van der Waals surface area contributed by atoms with Crippen LogP contribution in [0.4, 0.5) is 0 Å². The van der Waals surface area contributed by atoms with Crippen LogP contribution in [0.1, 0.15) is 26.2 Å². The first-order chi connectivity index (χ1) is 7.20. The summed E-state index contributed by atoms with van der Waals surface area (Å²) in [6.45, 7) is 2.21. The number of para-hydroxylation sites is 1. The lowest BCUT2D eigenvalue weighted by atomic mass is 10.2. The van der Waals surface area contributed by atoms with Crippen molar-refractivity contribution >= 4 is 17.4 Å². The maximum Gasteiger partial charge on any atom is 0.137 e. The van der Waals surface area contributed by atoms with Crippen molar-refractivity contribution in [2.24, 2.45) is 0 Å². The highest BCUT2D eigenvalue weighted by molar-refractivity contribution is 6.32. The van der Waals surface area contributed by atoms with Crippen LogP contribution in [0.25, 0.3) is 0 Å². The van der Waals surface area contributed by atoms with E-state index in [1.165, 1.54) is 0 Å². The predicted octanol–water partition coefficient (Wildman–Crippen LogP) is 3.48. The van der Waals surface area contributed by atoms with Gasteiger partial charge in [-0.1, -0.05) is 23.7 Å². The summed E-state index contributed by atoms with van der Waals surface area (Å²) in [5.74, 6) is 0.940. The van der Waals surface area contributed by atoms with Crippen molar-refractivity contribution in [1.29, 1.82) is 0 Å². The topological polar surface area (TPSA) is 26.3 Å². The van der Waals surface area contributed by atoms with Crippen molar-refractivity contribution in [3.8, 4) is 5.75 Å². The molecule has 1 rings (SSSR count). The fourth-order valence-electron chi connectivity index (χ4n) is 1.22. The van der Waals surface area contributed by atoms with Crippen molar-refractivity contribution in [3.05, 3.63) is 29.3 Å². The molecule has 0 atom stereocenters. The van der Waals surface area contributed by atoms with Gasteiger partial charge in [-0.2, -0.15) is 0 Å². The molecule has 2 nitrogen and oxygen atoms in total. The summed E-state index contributed by atoms with van der Waals surface area (Å²) < 4.78 is 5.48. The molecule has 1 aromatic rings. The molecule has 15 heavy (non-hydrogen) atoms. The number of ether oxygens (including phenoxy) is 1. The zero-order chi connectivity index (χ0) is 11.1. The second-order valence-corrected chi connectivity index (χ2v) is 3.85. The van der Waals surface area contributed by atoms with Gasteiger partial charge in [-0.05, 0) is 31.9 Å². The Balaban J connectivity index is 2.21. The van der Waals surface area contributed by atoms with E-state index in [0.29, 0.717) is 23.8 Å². The predicted molar refractivity (Wildman–Crippen MR) is 61.5 cm³/mol. The van der Waals surface area contributed by atoms with Crippen LogP contribution in [0.15, 0.2) is 24.3 Å². The molecule has 0 fully saturated rings. The number of halogens is 1. The van der Waals surface area contributed by atoms with Crippen LogP contribution >= 0.6 is 11.6 Å². The minimum absolute atomic E-state index is 0.229. The van der Waals surface area contributed by atoms with Crippen molar-refractivity contribution in [2.45, 2.75) is 26.2 Å².